The van der Waals surface area contributed by atoms with Gasteiger partial charge in [0, 0.05) is 11.6 Å². The Morgan fingerprint density at radius 3 is 2.53 bits per heavy atom. The van der Waals surface area contributed by atoms with Crippen LogP contribution in [0.25, 0.3) is 0 Å². The fourth-order valence-electron chi connectivity index (χ4n) is 1.12. The van der Waals surface area contributed by atoms with Crippen LogP contribution in [0.1, 0.15) is 12.5 Å². The minimum absolute atomic E-state index is 0.348. The number of aliphatic carboxylic acids is 1. The molecule has 0 fully saturated rings. The lowest BCUT2D eigenvalue weighted by molar-refractivity contribution is -0.141. The Kier molecular flexibility index (Phi) is 2.71. The van der Waals surface area contributed by atoms with E-state index in [9.17, 15) is 13.6 Å². The quantitative estimate of drug-likeness (QED) is 0.811. The summed E-state index contributed by atoms with van der Waals surface area (Å²) in [5, 5.41) is 17.5. The fourth-order valence-corrected chi connectivity index (χ4v) is 1.12. The van der Waals surface area contributed by atoms with Crippen LogP contribution in [0.15, 0.2) is 18.2 Å². The van der Waals surface area contributed by atoms with Gasteiger partial charge in [-0.05, 0) is 13.0 Å². The topological polar surface area (TPSA) is 61.1 Å². The van der Waals surface area contributed by atoms with Crippen molar-refractivity contribution in [2.24, 2.45) is 0 Å². The molecule has 3 nitrogen and oxygen atoms in total. The molecule has 0 aliphatic heterocycles. The van der Waals surface area contributed by atoms with E-state index in [1.165, 1.54) is 6.07 Å². The van der Waals surface area contributed by atoms with E-state index in [-0.39, 0.29) is 5.56 Å². The van der Waals surface area contributed by atoms with Crippen LogP contribution in [-0.2, 0) is 10.2 Å². The third kappa shape index (κ3) is 1.79. The molecule has 0 bridgehead atoms. The molecular weight excluding hydrogens is 204 g/mol. The van der Waals surface area contributed by atoms with E-state index in [1.807, 2.05) is 0 Å². The number of nitriles is 1. The first kappa shape index (κ1) is 11.1. The van der Waals surface area contributed by atoms with E-state index >= 15 is 0 Å². The zero-order valence-corrected chi connectivity index (χ0v) is 7.79. The van der Waals surface area contributed by atoms with Crippen LogP contribution in [0.2, 0.25) is 0 Å². The van der Waals surface area contributed by atoms with Crippen LogP contribution in [0.3, 0.4) is 0 Å². The summed E-state index contributed by atoms with van der Waals surface area (Å²) in [6, 6.07) is 3.92. The van der Waals surface area contributed by atoms with Crippen LogP contribution in [0.5, 0.6) is 0 Å². The predicted octanol–water partition coefficient (Wildman–Crippen LogP) is 1.83. The molecule has 0 amide bonds. The zero-order valence-electron chi connectivity index (χ0n) is 7.79. The molecule has 1 N–H and O–H groups in total. The summed E-state index contributed by atoms with van der Waals surface area (Å²) in [6.45, 7) is 1.06. The first-order valence-electron chi connectivity index (χ1n) is 4.02. The highest BCUT2D eigenvalue weighted by Gasteiger charge is 2.37. The summed E-state index contributed by atoms with van der Waals surface area (Å²) >= 11 is 0. The molecule has 0 saturated heterocycles. The largest absolute Gasteiger partial charge is 0.480 e. The molecule has 1 aromatic rings. The summed E-state index contributed by atoms with van der Waals surface area (Å²) in [5.41, 5.74) is -2.35. The third-order valence-corrected chi connectivity index (χ3v) is 2.12. The molecule has 0 saturated carbocycles. The number of hydrogen-bond acceptors (Lipinski definition) is 2. The highest BCUT2D eigenvalue weighted by Crippen LogP contribution is 2.26. The maximum atomic E-state index is 13.2. The molecule has 1 unspecified atom stereocenters. The van der Waals surface area contributed by atoms with Gasteiger partial charge in [0.1, 0.15) is 11.6 Å². The average molecular weight is 211 g/mol. The average Bonchev–Trinajstić information content (AvgIpc) is 2.16. The number of carbonyl (C=O) groups is 1. The SMILES string of the molecule is CC(C#N)(C(=O)O)c1ccc(F)cc1F. The number of carboxylic acid groups (broad SMARTS) is 1. The Morgan fingerprint density at radius 1 is 1.53 bits per heavy atom. The Hall–Kier alpha value is -1.96. The van der Waals surface area contributed by atoms with E-state index in [1.54, 1.807) is 0 Å². The molecule has 0 aliphatic rings. The number of hydrogen-bond donors (Lipinski definition) is 1. The van der Waals surface area contributed by atoms with Crippen molar-refractivity contribution in [2.75, 3.05) is 0 Å². The monoisotopic (exact) mass is 211 g/mol. The van der Waals surface area contributed by atoms with Crippen molar-refractivity contribution in [2.45, 2.75) is 12.3 Å². The van der Waals surface area contributed by atoms with Crippen molar-refractivity contribution < 1.29 is 18.7 Å². The first-order chi connectivity index (χ1) is 6.91. The maximum Gasteiger partial charge on any atom is 0.328 e. The summed E-state index contributed by atoms with van der Waals surface area (Å²) < 4.78 is 25.8. The van der Waals surface area contributed by atoms with Gasteiger partial charge in [-0.3, -0.25) is 4.79 Å². The minimum Gasteiger partial charge on any atom is -0.480 e. The van der Waals surface area contributed by atoms with Crippen molar-refractivity contribution in [3.8, 4) is 6.07 Å². The van der Waals surface area contributed by atoms with E-state index < -0.39 is 23.0 Å². The van der Waals surface area contributed by atoms with Crippen molar-refractivity contribution in [3.05, 3.63) is 35.4 Å². The molecule has 0 spiro atoms. The predicted molar refractivity (Wildman–Crippen MR) is 47.0 cm³/mol. The van der Waals surface area contributed by atoms with Gasteiger partial charge in [0.05, 0.1) is 6.07 Å². The maximum absolute atomic E-state index is 13.2. The van der Waals surface area contributed by atoms with Crippen LogP contribution in [0, 0.1) is 23.0 Å². The van der Waals surface area contributed by atoms with Gasteiger partial charge in [0.2, 0.25) is 0 Å². The van der Waals surface area contributed by atoms with Gasteiger partial charge in [-0.1, -0.05) is 6.07 Å². The Labute approximate surface area is 84.6 Å². The van der Waals surface area contributed by atoms with Gasteiger partial charge >= 0.3 is 5.97 Å². The van der Waals surface area contributed by atoms with Gasteiger partial charge < -0.3 is 5.11 Å². The van der Waals surface area contributed by atoms with Gasteiger partial charge in [-0.2, -0.15) is 5.26 Å². The molecule has 0 radical (unpaired) electrons. The number of rotatable bonds is 2. The standard InChI is InChI=1S/C10H7F2NO2/c1-10(5-13,9(14)15)7-3-2-6(11)4-8(7)12/h2-4H,1H3,(H,14,15). The van der Waals surface area contributed by atoms with Crippen LogP contribution >= 0.6 is 0 Å². The normalized spacial score (nSPS) is 14.0. The molecule has 1 atom stereocenters. The zero-order chi connectivity index (χ0) is 11.6. The lowest BCUT2D eigenvalue weighted by atomic mass is 9.84. The molecule has 0 aromatic heterocycles. The molecule has 1 rings (SSSR count). The molecule has 78 valence electrons. The van der Waals surface area contributed by atoms with Crippen molar-refractivity contribution in [1.82, 2.24) is 0 Å². The Morgan fingerprint density at radius 2 is 2.13 bits per heavy atom. The van der Waals surface area contributed by atoms with E-state index in [2.05, 4.69) is 0 Å². The Bertz CT molecular complexity index is 453. The van der Waals surface area contributed by atoms with Gasteiger partial charge in [-0.15, -0.1) is 0 Å². The second kappa shape index (κ2) is 3.65. The van der Waals surface area contributed by atoms with E-state index in [0.29, 0.717) is 6.07 Å². The number of carboxylic acids is 1. The van der Waals surface area contributed by atoms with Crippen LogP contribution < -0.4 is 0 Å². The lowest BCUT2D eigenvalue weighted by Gasteiger charge is -2.16. The molecular formula is C10H7F2NO2. The smallest absolute Gasteiger partial charge is 0.328 e. The van der Waals surface area contributed by atoms with Gasteiger partial charge in [-0.25, -0.2) is 8.78 Å². The van der Waals surface area contributed by atoms with Crippen molar-refractivity contribution >= 4 is 5.97 Å². The molecule has 1 aromatic carbocycles. The minimum atomic E-state index is -2.00. The van der Waals surface area contributed by atoms with Crippen molar-refractivity contribution in [3.63, 3.8) is 0 Å². The second-order valence-corrected chi connectivity index (χ2v) is 3.17. The molecule has 15 heavy (non-hydrogen) atoms. The number of benzene rings is 1. The van der Waals surface area contributed by atoms with Gasteiger partial charge in [0.25, 0.3) is 0 Å². The van der Waals surface area contributed by atoms with Gasteiger partial charge in [0.15, 0.2) is 5.41 Å². The van der Waals surface area contributed by atoms with Crippen molar-refractivity contribution in [1.29, 1.82) is 5.26 Å². The fraction of sp³-hybridized carbons (Fsp3) is 0.200. The van der Waals surface area contributed by atoms with E-state index in [4.69, 9.17) is 10.4 Å². The molecule has 0 heterocycles. The van der Waals surface area contributed by atoms with Crippen LogP contribution in [0.4, 0.5) is 8.78 Å². The first-order valence-corrected chi connectivity index (χ1v) is 4.02. The Balaban J connectivity index is 3.39. The highest BCUT2D eigenvalue weighted by molar-refractivity contribution is 5.84. The molecule has 5 heteroatoms. The second-order valence-electron chi connectivity index (χ2n) is 3.17. The summed E-state index contributed by atoms with van der Waals surface area (Å²) in [4.78, 5) is 10.8. The van der Waals surface area contributed by atoms with Crippen LogP contribution in [-0.4, -0.2) is 11.1 Å². The summed E-state index contributed by atoms with van der Waals surface area (Å²) in [6.07, 6.45) is 0. The third-order valence-electron chi connectivity index (χ3n) is 2.12. The highest BCUT2D eigenvalue weighted by atomic mass is 19.1. The summed E-state index contributed by atoms with van der Waals surface area (Å²) in [7, 11) is 0. The number of halogens is 2. The van der Waals surface area contributed by atoms with E-state index in [0.717, 1.165) is 19.1 Å². The summed E-state index contributed by atoms with van der Waals surface area (Å²) in [5.74, 6) is -3.33. The lowest BCUT2D eigenvalue weighted by Crippen LogP contribution is -2.31. The molecule has 0 aliphatic carbocycles. The number of nitrogens with zero attached hydrogens (tertiary/aromatic N) is 1.